The van der Waals surface area contributed by atoms with Crippen LogP contribution in [0.3, 0.4) is 0 Å². The van der Waals surface area contributed by atoms with Crippen molar-refractivity contribution in [2.75, 3.05) is 6.54 Å². The third kappa shape index (κ3) is 4.01. The normalized spacial score (nSPS) is 17.9. The second-order valence-corrected chi connectivity index (χ2v) is 8.42. The van der Waals surface area contributed by atoms with Crippen LogP contribution >= 0.6 is 0 Å². The van der Waals surface area contributed by atoms with Crippen LogP contribution < -0.4 is 15.5 Å². The predicted octanol–water partition coefficient (Wildman–Crippen LogP) is 2.78. The van der Waals surface area contributed by atoms with Gasteiger partial charge in [-0.1, -0.05) is 0 Å². The molecule has 2 aromatic rings. The van der Waals surface area contributed by atoms with Gasteiger partial charge in [-0.05, 0) is 64.2 Å². The number of nitrogens with zero attached hydrogens (tertiary/aromatic N) is 1. The number of phenols is 1. The smallest absolute Gasteiger partial charge is 0.223 e. The van der Waals surface area contributed by atoms with E-state index in [1.807, 2.05) is 27.7 Å². The van der Waals surface area contributed by atoms with Gasteiger partial charge in [0.05, 0.1) is 12.2 Å². The molecule has 7 nitrogen and oxygen atoms in total. The van der Waals surface area contributed by atoms with Crippen LogP contribution in [0.25, 0.3) is 0 Å². The predicted molar refractivity (Wildman–Crippen MR) is 114 cm³/mol. The number of carbonyl (C=O) groups is 1. The van der Waals surface area contributed by atoms with E-state index in [2.05, 4.69) is 5.32 Å². The molecule has 7 heteroatoms. The number of ether oxygens (including phenoxy) is 1. The summed E-state index contributed by atoms with van der Waals surface area (Å²) in [6, 6.07) is 1.29. The van der Waals surface area contributed by atoms with Gasteiger partial charge in [-0.25, -0.2) is 0 Å². The maximum atomic E-state index is 12.4. The molecule has 1 aliphatic rings. The molecule has 0 aliphatic carbocycles. The molecule has 0 fully saturated rings. The first-order valence-corrected chi connectivity index (χ1v) is 10.2. The molecule has 162 valence electrons. The highest BCUT2D eigenvalue weighted by atomic mass is 16.5. The zero-order chi connectivity index (χ0) is 22.2. The van der Waals surface area contributed by atoms with E-state index in [4.69, 9.17) is 4.74 Å². The highest BCUT2D eigenvalue weighted by molar-refractivity contribution is 5.76. The molecule has 2 heterocycles. The zero-order valence-electron chi connectivity index (χ0n) is 18.3. The first-order valence-electron chi connectivity index (χ1n) is 10.2. The van der Waals surface area contributed by atoms with Gasteiger partial charge in [0.1, 0.15) is 17.1 Å². The minimum absolute atomic E-state index is 0.127. The topological polar surface area (TPSA) is 101 Å². The van der Waals surface area contributed by atoms with E-state index < -0.39 is 11.0 Å². The number of aromatic nitrogens is 1. The molecule has 0 spiro atoms. The van der Waals surface area contributed by atoms with Crippen molar-refractivity contribution in [3.05, 3.63) is 50.4 Å². The maximum Gasteiger partial charge on any atom is 0.223 e. The fourth-order valence-electron chi connectivity index (χ4n) is 3.92. The molecular weight excluding hydrogens is 384 g/mol. The van der Waals surface area contributed by atoms with Crippen molar-refractivity contribution in [3.8, 4) is 17.2 Å². The molecule has 1 aromatic carbocycles. The van der Waals surface area contributed by atoms with Crippen LogP contribution in [0.4, 0.5) is 0 Å². The molecule has 1 aromatic heterocycles. The van der Waals surface area contributed by atoms with Gasteiger partial charge in [0, 0.05) is 30.8 Å². The number of benzene rings is 1. The quantitative estimate of drug-likeness (QED) is 0.699. The van der Waals surface area contributed by atoms with E-state index in [0.29, 0.717) is 24.5 Å². The minimum atomic E-state index is -0.533. The number of hydrogen-bond acceptors (Lipinski definition) is 5. The fraction of sp³-hybridized carbons (Fsp3) is 0.478. The number of fused-ring (bicyclic) bond motifs is 1. The lowest BCUT2D eigenvalue weighted by molar-refractivity contribution is -0.122. The Hall–Kier alpha value is -2.96. The lowest BCUT2D eigenvalue weighted by atomic mass is 9.87. The van der Waals surface area contributed by atoms with Crippen molar-refractivity contribution in [1.82, 2.24) is 9.88 Å². The van der Waals surface area contributed by atoms with Gasteiger partial charge in [-0.15, -0.1) is 0 Å². The molecular formula is C23H30N2O5. The number of phenolic OH excluding ortho intramolecular Hbond substituents is 1. The van der Waals surface area contributed by atoms with Crippen LogP contribution in [0.2, 0.25) is 0 Å². The molecule has 3 rings (SSSR count). The molecule has 0 saturated carbocycles. The highest BCUT2D eigenvalue weighted by Crippen LogP contribution is 2.43. The van der Waals surface area contributed by atoms with Crippen molar-refractivity contribution in [1.29, 1.82) is 0 Å². The van der Waals surface area contributed by atoms with Crippen molar-refractivity contribution < 1.29 is 19.7 Å². The zero-order valence-corrected chi connectivity index (χ0v) is 18.3. The van der Waals surface area contributed by atoms with Gasteiger partial charge in [0.2, 0.25) is 11.3 Å². The van der Waals surface area contributed by atoms with E-state index in [1.54, 1.807) is 17.7 Å². The summed E-state index contributed by atoms with van der Waals surface area (Å²) in [6.07, 6.45) is 3.31. The molecule has 0 saturated heterocycles. The Morgan fingerprint density at radius 1 is 1.17 bits per heavy atom. The highest BCUT2D eigenvalue weighted by Gasteiger charge is 2.34. The van der Waals surface area contributed by atoms with Crippen LogP contribution in [-0.2, 0) is 17.8 Å². The summed E-state index contributed by atoms with van der Waals surface area (Å²) in [5.74, 6) is 0.727. The lowest BCUT2D eigenvalue weighted by Gasteiger charge is -2.38. The Labute approximate surface area is 176 Å². The second-order valence-electron chi connectivity index (χ2n) is 8.42. The van der Waals surface area contributed by atoms with Crippen molar-refractivity contribution in [3.63, 3.8) is 0 Å². The number of aryl methyl sites for hydroxylation is 1. The second kappa shape index (κ2) is 8.05. The average molecular weight is 415 g/mol. The van der Waals surface area contributed by atoms with E-state index in [1.165, 1.54) is 6.07 Å². The molecule has 1 aliphatic heterocycles. The lowest BCUT2D eigenvalue weighted by Crippen LogP contribution is -2.47. The van der Waals surface area contributed by atoms with Crippen molar-refractivity contribution in [2.24, 2.45) is 0 Å². The SMILES string of the molecule is Cc1c(C)c2c(c(C)c1O)CCC(C)(CNC(=O)CCn1ccc(=O)c(O)c1C)O2. The standard InChI is InChI=1S/C23H30N2O5/c1-13-14(2)22-17(15(3)20(13)28)6-9-23(5,30-22)12-24-19(27)8-11-25-10-7-18(26)21(29)16(25)4/h7,10,28-29H,6,8-9,11-12H2,1-5H3,(H,24,27). The third-order valence-electron chi connectivity index (χ3n) is 6.24. The summed E-state index contributed by atoms with van der Waals surface area (Å²) >= 11 is 0. The van der Waals surface area contributed by atoms with Crippen LogP contribution in [0.1, 0.15) is 47.7 Å². The summed E-state index contributed by atoms with van der Waals surface area (Å²) in [6.45, 7) is 10.1. The molecule has 1 unspecified atom stereocenters. The van der Waals surface area contributed by atoms with Gasteiger partial charge in [-0.2, -0.15) is 0 Å². The first-order chi connectivity index (χ1) is 14.0. The molecule has 0 bridgehead atoms. The summed E-state index contributed by atoms with van der Waals surface area (Å²) in [7, 11) is 0. The monoisotopic (exact) mass is 414 g/mol. The van der Waals surface area contributed by atoms with E-state index in [-0.39, 0.29) is 18.1 Å². The van der Waals surface area contributed by atoms with Gasteiger partial charge < -0.3 is 24.8 Å². The summed E-state index contributed by atoms with van der Waals surface area (Å²) < 4.78 is 8.02. The number of aromatic hydroxyl groups is 2. The van der Waals surface area contributed by atoms with Crippen molar-refractivity contribution in [2.45, 2.75) is 66.0 Å². The van der Waals surface area contributed by atoms with Gasteiger partial charge >= 0.3 is 0 Å². The summed E-state index contributed by atoms with van der Waals surface area (Å²) in [4.78, 5) is 23.8. The summed E-state index contributed by atoms with van der Waals surface area (Å²) in [5, 5.41) is 23.0. The number of hydrogen-bond donors (Lipinski definition) is 3. The van der Waals surface area contributed by atoms with Crippen LogP contribution in [-0.4, -0.2) is 32.8 Å². The number of pyridine rings is 1. The number of nitrogens with one attached hydrogen (secondary N) is 1. The maximum absolute atomic E-state index is 12.4. The Morgan fingerprint density at radius 3 is 2.57 bits per heavy atom. The number of rotatable bonds is 5. The Morgan fingerprint density at radius 2 is 1.87 bits per heavy atom. The van der Waals surface area contributed by atoms with Crippen LogP contribution in [0.5, 0.6) is 17.2 Å². The van der Waals surface area contributed by atoms with E-state index >= 15 is 0 Å². The Kier molecular flexibility index (Phi) is 5.83. The Balaban J connectivity index is 1.63. The third-order valence-corrected chi connectivity index (χ3v) is 6.24. The first kappa shape index (κ1) is 21.7. The van der Waals surface area contributed by atoms with Gasteiger partial charge in [0.25, 0.3) is 0 Å². The largest absolute Gasteiger partial charge is 0.507 e. The van der Waals surface area contributed by atoms with E-state index in [0.717, 1.165) is 40.8 Å². The summed E-state index contributed by atoms with van der Waals surface area (Å²) in [5.41, 5.74) is 3.13. The minimum Gasteiger partial charge on any atom is -0.507 e. The fourth-order valence-corrected chi connectivity index (χ4v) is 3.92. The van der Waals surface area contributed by atoms with Gasteiger partial charge in [0.15, 0.2) is 5.75 Å². The average Bonchev–Trinajstić information content (AvgIpc) is 2.72. The van der Waals surface area contributed by atoms with E-state index in [9.17, 15) is 19.8 Å². The molecule has 30 heavy (non-hydrogen) atoms. The molecule has 1 amide bonds. The number of carbonyl (C=O) groups excluding carboxylic acids is 1. The van der Waals surface area contributed by atoms with Crippen molar-refractivity contribution >= 4 is 5.91 Å². The molecule has 3 N–H and O–H groups in total. The molecule has 1 atom stereocenters. The number of amides is 1. The Bertz CT molecular complexity index is 1060. The van der Waals surface area contributed by atoms with Crippen LogP contribution in [0, 0.1) is 27.7 Å². The van der Waals surface area contributed by atoms with Gasteiger partial charge in [-0.3, -0.25) is 9.59 Å². The molecule has 0 radical (unpaired) electrons. The van der Waals surface area contributed by atoms with Crippen LogP contribution in [0.15, 0.2) is 17.1 Å².